The molecule has 1 saturated heterocycles. The number of furan rings is 1. The molecule has 9 nitrogen and oxygen atoms in total. The highest BCUT2D eigenvalue weighted by Gasteiger charge is 2.26. The third kappa shape index (κ3) is 5.00. The van der Waals surface area contributed by atoms with E-state index in [1.165, 1.54) is 6.07 Å². The number of amides is 1. The number of nitro benzene ring substituents is 1. The zero-order valence-electron chi connectivity index (χ0n) is 16.1. The second-order valence-electron chi connectivity index (χ2n) is 6.73. The van der Waals surface area contributed by atoms with E-state index in [0.29, 0.717) is 0 Å². The Morgan fingerprint density at radius 1 is 1.28 bits per heavy atom. The Kier molecular flexibility index (Phi) is 6.61. The van der Waals surface area contributed by atoms with E-state index in [9.17, 15) is 19.7 Å². The molecule has 2 aromatic rings. The highest BCUT2D eigenvalue weighted by molar-refractivity contribution is 5.99. The maximum atomic E-state index is 12.7. The number of non-ortho nitro benzene ring substituents is 1. The van der Waals surface area contributed by atoms with Crippen molar-refractivity contribution in [3.63, 3.8) is 0 Å². The van der Waals surface area contributed by atoms with Crippen LogP contribution in [0, 0.1) is 10.1 Å². The number of hydrogen-bond donors (Lipinski definition) is 1. The van der Waals surface area contributed by atoms with Crippen LogP contribution in [0.4, 0.5) is 5.69 Å². The van der Waals surface area contributed by atoms with Gasteiger partial charge in [-0.05, 0) is 51.1 Å². The topological polar surface area (TPSA) is 115 Å². The van der Waals surface area contributed by atoms with Gasteiger partial charge in [-0.3, -0.25) is 19.8 Å². The molecule has 29 heavy (non-hydrogen) atoms. The SMILES string of the molecule is CCOC(=O)c1cc(C(=O)NCC(c2ccco2)N2CCCC2)cc([N+](=O)[O-])c1. The molecule has 0 aliphatic carbocycles. The van der Waals surface area contributed by atoms with E-state index >= 15 is 0 Å². The van der Waals surface area contributed by atoms with Crippen LogP contribution in [-0.4, -0.2) is 47.9 Å². The lowest BCUT2D eigenvalue weighted by Crippen LogP contribution is -2.36. The molecule has 1 aliphatic heterocycles. The average molecular weight is 401 g/mol. The van der Waals surface area contributed by atoms with E-state index in [0.717, 1.165) is 43.8 Å². The number of rotatable bonds is 8. The average Bonchev–Trinajstić information content (AvgIpc) is 3.42. The highest BCUT2D eigenvalue weighted by atomic mass is 16.6. The number of nitrogens with one attached hydrogen (secondary N) is 1. The third-order valence-electron chi connectivity index (χ3n) is 4.81. The van der Waals surface area contributed by atoms with Crippen LogP contribution in [0.5, 0.6) is 0 Å². The van der Waals surface area contributed by atoms with Gasteiger partial charge in [0, 0.05) is 24.2 Å². The number of ether oxygens (including phenoxy) is 1. The van der Waals surface area contributed by atoms with Crippen LogP contribution in [0.2, 0.25) is 0 Å². The van der Waals surface area contributed by atoms with Crippen molar-refractivity contribution in [2.75, 3.05) is 26.2 Å². The molecule has 0 saturated carbocycles. The number of esters is 1. The summed E-state index contributed by atoms with van der Waals surface area (Å²) >= 11 is 0. The van der Waals surface area contributed by atoms with Gasteiger partial charge in [-0.1, -0.05) is 0 Å². The first-order valence-electron chi connectivity index (χ1n) is 9.52. The summed E-state index contributed by atoms with van der Waals surface area (Å²) in [6.07, 6.45) is 3.75. The van der Waals surface area contributed by atoms with Gasteiger partial charge < -0.3 is 14.5 Å². The van der Waals surface area contributed by atoms with Gasteiger partial charge in [-0.2, -0.15) is 0 Å². The number of carbonyl (C=O) groups is 2. The molecule has 1 aromatic heterocycles. The molecule has 3 rings (SSSR count). The van der Waals surface area contributed by atoms with Gasteiger partial charge in [-0.15, -0.1) is 0 Å². The third-order valence-corrected chi connectivity index (χ3v) is 4.81. The summed E-state index contributed by atoms with van der Waals surface area (Å²) in [5.74, 6) is -0.468. The zero-order valence-corrected chi connectivity index (χ0v) is 16.1. The summed E-state index contributed by atoms with van der Waals surface area (Å²) in [5, 5.41) is 14.0. The van der Waals surface area contributed by atoms with Crippen molar-refractivity contribution < 1.29 is 23.7 Å². The summed E-state index contributed by atoms with van der Waals surface area (Å²) in [6.45, 7) is 3.86. The minimum Gasteiger partial charge on any atom is -0.468 e. The lowest BCUT2D eigenvalue weighted by Gasteiger charge is -2.26. The molecular formula is C20H23N3O6. The van der Waals surface area contributed by atoms with Gasteiger partial charge in [0.1, 0.15) is 5.76 Å². The summed E-state index contributed by atoms with van der Waals surface area (Å²) in [5.41, 5.74) is -0.349. The molecule has 0 bridgehead atoms. The first-order valence-corrected chi connectivity index (χ1v) is 9.52. The quantitative estimate of drug-likeness (QED) is 0.411. The standard InChI is InChI=1S/C20H23N3O6/c1-2-28-20(25)15-10-14(11-16(12-15)23(26)27)19(24)21-13-17(18-6-5-9-29-18)22-7-3-4-8-22/h5-6,9-12,17H,2-4,7-8,13H2,1H3,(H,21,24). The molecule has 0 spiro atoms. The summed E-state index contributed by atoms with van der Waals surface area (Å²) in [4.78, 5) is 37.5. The van der Waals surface area contributed by atoms with E-state index in [4.69, 9.17) is 9.15 Å². The Bertz CT molecular complexity index is 874. The molecule has 2 heterocycles. The Morgan fingerprint density at radius 2 is 2.00 bits per heavy atom. The van der Waals surface area contributed by atoms with E-state index < -0.39 is 16.8 Å². The fraction of sp³-hybridized carbons (Fsp3) is 0.400. The molecule has 0 radical (unpaired) electrons. The van der Waals surface area contributed by atoms with Gasteiger partial charge in [0.05, 0.1) is 29.4 Å². The molecule has 1 N–H and O–H groups in total. The van der Waals surface area contributed by atoms with E-state index in [1.807, 2.05) is 6.07 Å². The van der Waals surface area contributed by atoms with Gasteiger partial charge >= 0.3 is 5.97 Å². The summed E-state index contributed by atoms with van der Waals surface area (Å²) in [6, 6.07) is 7.09. The smallest absolute Gasteiger partial charge is 0.338 e. The number of benzene rings is 1. The highest BCUT2D eigenvalue weighted by Crippen LogP contribution is 2.25. The molecule has 1 unspecified atom stereocenters. The number of likely N-dealkylation sites (tertiary alicyclic amines) is 1. The van der Waals surface area contributed by atoms with Crippen molar-refractivity contribution in [2.45, 2.75) is 25.8 Å². The molecule has 9 heteroatoms. The van der Waals surface area contributed by atoms with Crippen molar-refractivity contribution in [1.82, 2.24) is 10.2 Å². The van der Waals surface area contributed by atoms with Gasteiger partial charge in [-0.25, -0.2) is 4.79 Å². The zero-order chi connectivity index (χ0) is 20.8. The van der Waals surface area contributed by atoms with Crippen LogP contribution in [0.3, 0.4) is 0 Å². The molecule has 1 aliphatic rings. The van der Waals surface area contributed by atoms with Crippen molar-refractivity contribution in [3.05, 3.63) is 63.6 Å². The molecule has 154 valence electrons. The second kappa shape index (κ2) is 9.33. The van der Waals surface area contributed by atoms with Crippen LogP contribution in [-0.2, 0) is 4.74 Å². The molecule has 1 atom stereocenters. The molecular weight excluding hydrogens is 378 g/mol. The first kappa shape index (κ1) is 20.5. The number of nitro groups is 1. The van der Waals surface area contributed by atoms with Gasteiger partial charge in [0.2, 0.25) is 0 Å². The molecule has 1 amide bonds. The van der Waals surface area contributed by atoms with Crippen LogP contribution in [0.25, 0.3) is 0 Å². The lowest BCUT2D eigenvalue weighted by atomic mass is 10.1. The molecule has 1 fully saturated rings. The van der Waals surface area contributed by atoms with E-state index in [2.05, 4.69) is 10.2 Å². The molecule has 1 aromatic carbocycles. The maximum Gasteiger partial charge on any atom is 0.338 e. The van der Waals surface area contributed by atoms with Crippen molar-refractivity contribution in [2.24, 2.45) is 0 Å². The predicted octanol–water partition coefficient (Wildman–Crippen LogP) is 2.93. The van der Waals surface area contributed by atoms with Crippen molar-refractivity contribution in [1.29, 1.82) is 0 Å². The van der Waals surface area contributed by atoms with Crippen LogP contribution in [0.15, 0.2) is 41.0 Å². The summed E-state index contributed by atoms with van der Waals surface area (Å²) in [7, 11) is 0. The van der Waals surface area contributed by atoms with Crippen LogP contribution in [0.1, 0.15) is 52.3 Å². The lowest BCUT2D eigenvalue weighted by molar-refractivity contribution is -0.384. The second-order valence-corrected chi connectivity index (χ2v) is 6.73. The van der Waals surface area contributed by atoms with Gasteiger partial charge in [0.15, 0.2) is 0 Å². The van der Waals surface area contributed by atoms with Crippen LogP contribution < -0.4 is 5.32 Å². The Morgan fingerprint density at radius 3 is 2.62 bits per heavy atom. The fourth-order valence-corrected chi connectivity index (χ4v) is 3.42. The van der Waals surface area contributed by atoms with E-state index in [-0.39, 0.29) is 36.0 Å². The number of nitrogens with zero attached hydrogens (tertiary/aromatic N) is 2. The normalized spacial score (nSPS) is 15.1. The predicted molar refractivity (Wildman–Crippen MR) is 104 cm³/mol. The number of carbonyl (C=O) groups excluding carboxylic acids is 2. The Hall–Kier alpha value is -3.20. The minimum atomic E-state index is -0.712. The Balaban J connectivity index is 1.78. The van der Waals surface area contributed by atoms with E-state index in [1.54, 1.807) is 19.3 Å². The van der Waals surface area contributed by atoms with Crippen molar-refractivity contribution in [3.8, 4) is 0 Å². The Labute approximate surface area is 167 Å². The first-order chi connectivity index (χ1) is 14.0. The van der Waals surface area contributed by atoms with Crippen LogP contribution >= 0.6 is 0 Å². The monoisotopic (exact) mass is 401 g/mol. The number of hydrogen-bond acceptors (Lipinski definition) is 7. The van der Waals surface area contributed by atoms with Crippen molar-refractivity contribution >= 4 is 17.6 Å². The summed E-state index contributed by atoms with van der Waals surface area (Å²) < 4.78 is 10.4. The largest absolute Gasteiger partial charge is 0.468 e. The fourth-order valence-electron chi connectivity index (χ4n) is 3.42. The minimum absolute atomic E-state index is 0.0295. The van der Waals surface area contributed by atoms with Gasteiger partial charge in [0.25, 0.3) is 11.6 Å². The maximum absolute atomic E-state index is 12.7.